The van der Waals surface area contributed by atoms with Crippen molar-refractivity contribution < 1.29 is 17.6 Å². The molecule has 0 radical (unpaired) electrons. The van der Waals surface area contributed by atoms with E-state index >= 15 is 0 Å². The first kappa shape index (κ1) is 14.6. The van der Waals surface area contributed by atoms with Crippen molar-refractivity contribution in [2.75, 3.05) is 6.54 Å². The van der Waals surface area contributed by atoms with Crippen molar-refractivity contribution in [1.29, 1.82) is 0 Å². The Bertz CT molecular complexity index is 545. The molecule has 0 atom stereocenters. The highest BCUT2D eigenvalue weighted by Gasteiger charge is 2.19. The van der Waals surface area contributed by atoms with Crippen LogP contribution in [0.2, 0.25) is 0 Å². The van der Waals surface area contributed by atoms with Gasteiger partial charge in [-0.25, -0.2) is 17.5 Å². The third-order valence-corrected chi connectivity index (χ3v) is 3.78. The molecule has 0 bridgehead atoms. The zero-order chi connectivity index (χ0) is 13.8. The summed E-state index contributed by atoms with van der Waals surface area (Å²) in [5.74, 6) is -1.31. The van der Waals surface area contributed by atoms with Crippen molar-refractivity contribution in [3.05, 3.63) is 29.6 Å². The van der Waals surface area contributed by atoms with Crippen molar-refractivity contribution in [1.82, 2.24) is 4.72 Å². The highest BCUT2D eigenvalue weighted by Crippen LogP contribution is 2.18. The van der Waals surface area contributed by atoms with Crippen LogP contribution in [0.15, 0.2) is 23.1 Å². The molecular formula is C10H14FN3O3S. The summed E-state index contributed by atoms with van der Waals surface area (Å²) in [5, 5.41) is 0. The molecule has 1 aromatic rings. The molecule has 6 nitrogen and oxygen atoms in total. The molecule has 1 aromatic carbocycles. The summed E-state index contributed by atoms with van der Waals surface area (Å²) in [6.07, 6.45) is -0.132. The lowest BCUT2D eigenvalue weighted by molar-refractivity contribution is -0.117. The second-order valence-electron chi connectivity index (χ2n) is 3.53. The minimum atomic E-state index is -3.90. The maximum atomic E-state index is 13.4. The van der Waals surface area contributed by atoms with Gasteiger partial charge in [-0.15, -0.1) is 0 Å². The Morgan fingerprint density at radius 2 is 2.06 bits per heavy atom. The Morgan fingerprint density at radius 1 is 1.39 bits per heavy atom. The standard InChI is InChI=1S/C10H14FN3O3S/c11-8-2-1-3-9(7(8)6-12)18(16,17)14-5-4-10(13)15/h1-3,14H,4-6,12H2,(H2,13,15). The van der Waals surface area contributed by atoms with E-state index in [0.29, 0.717) is 0 Å². The van der Waals surface area contributed by atoms with E-state index in [4.69, 9.17) is 11.5 Å². The minimum Gasteiger partial charge on any atom is -0.370 e. The van der Waals surface area contributed by atoms with Crippen molar-refractivity contribution in [3.8, 4) is 0 Å². The summed E-state index contributed by atoms with van der Waals surface area (Å²) < 4.78 is 39.3. The first-order valence-corrected chi connectivity index (χ1v) is 6.62. The molecule has 0 saturated carbocycles. The fourth-order valence-electron chi connectivity index (χ4n) is 1.38. The Morgan fingerprint density at radius 3 is 2.61 bits per heavy atom. The first-order chi connectivity index (χ1) is 8.38. The van der Waals surface area contributed by atoms with E-state index in [1.165, 1.54) is 12.1 Å². The number of carbonyl (C=O) groups excluding carboxylic acids is 1. The first-order valence-electron chi connectivity index (χ1n) is 5.14. The second-order valence-corrected chi connectivity index (χ2v) is 5.27. The molecule has 1 rings (SSSR count). The van der Waals surface area contributed by atoms with Gasteiger partial charge in [0.1, 0.15) is 5.82 Å². The Hall–Kier alpha value is -1.51. The Kier molecular flexibility index (Phi) is 4.76. The van der Waals surface area contributed by atoms with Crippen LogP contribution in [-0.2, 0) is 21.4 Å². The summed E-state index contributed by atoms with van der Waals surface area (Å²) in [6, 6.07) is 3.65. The van der Waals surface area contributed by atoms with Gasteiger partial charge in [-0.3, -0.25) is 4.79 Å². The van der Waals surface area contributed by atoms with E-state index in [1.54, 1.807) is 0 Å². The van der Waals surface area contributed by atoms with E-state index in [9.17, 15) is 17.6 Å². The summed E-state index contributed by atoms with van der Waals surface area (Å²) in [4.78, 5) is 10.3. The van der Waals surface area contributed by atoms with Gasteiger partial charge in [-0.05, 0) is 12.1 Å². The molecule has 0 spiro atoms. The third-order valence-electron chi connectivity index (χ3n) is 2.23. The van der Waals surface area contributed by atoms with Crippen LogP contribution in [-0.4, -0.2) is 20.9 Å². The van der Waals surface area contributed by atoms with Crippen molar-refractivity contribution in [2.45, 2.75) is 17.9 Å². The number of amides is 1. The smallest absolute Gasteiger partial charge is 0.241 e. The van der Waals surface area contributed by atoms with Gasteiger partial charge in [0, 0.05) is 25.1 Å². The predicted octanol–water partition coefficient (Wildman–Crippen LogP) is -0.562. The van der Waals surface area contributed by atoms with Crippen LogP contribution in [0.5, 0.6) is 0 Å². The van der Waals surface area contributed by atoms with Gasteiger partial charge in [0.15, 0.2) is 0 Å². The van der Waals surface area contributed by atoms with Crippen LogP contribution in [0.3, 0.4) is 0 Å². The monoisotopic (exact) mass is 275 g/mol. The molecule has 0 aromatic heterocycles. The number of sulfonamides is 1. The van der Waals surface area contributed by atoms with Crippen LogP contribution in [0.25, 0.3) is 0 Å². The number of hydrogen-bond donors (Lipinski definition) is 3. The fourth-order valence-corrected chi connectivity index (χ4v) is 2.66. The largest absolute Gasteiger partial charge is 0.370 e. The maximum Gasteiger partial charge on any atom is 0.241 e. The molecule has 0 aliphatic rings. The zero-order valence-corrected chi connectivity index (χ0v) is 10.3. The average molecular weight is 275 g/mol. The van der Waals surface area contributed by atoms with Gasteiger partial charge < -0.3 is 11.5 Å². The minimum absolute atomic E-state index is 0.0934. The van der Waals surface area contributed by atoms with Gasteiger partial charge in [-0.2, -0.15) is 0 Å². The van der Waals surface area contributed by atoms with Crippen LogP contribution in [0, 0.1) is 5.82 Å². The topological polar surface area (TPSA) is 115 Å². The number of primary amides is 1. The predicted molar refractivity (Wildman–Crippen MR) is 63.3 cm³/mol. The molecule has 8 heteroatoms. The number of benzene rings is 1. The van der Waals surface area contributed by atoms with Crippen LogP contribution >= 0.6 is 0 Å². The number of rotatable bonds is 6. The molecule has 0 unspecified atom stereocenters. The third kappa shape index (κ3) is 3.49. The molecule has 18 heavy (non-hydrogen) atoms. The summed E-state index contributed by atoms with van der Waals surface area (Å²) >= 11 is 0. The van der Waals surface area contributed by atoms with Crippen LogP contribution in [0.4, 0.5) is 4.39 Å². The summed E-state index contributed by atoms with van der Waals surface area (Å²) in [7, 11) is -3.90. The van der Waals surface area contributed by atoms with Crippen molar-refractivity contribution >= 4 is 15.9 Å². The van der Waals surface area contributed by atoms with E-state index < -0.39 is 21.7 Å². The SMILES string of the molecule is NCc1c(F)cccc1S(=O)(=O)NCCC(N)=O. The van der Waals surface area contributed by atoms with Gasteiger partial charge in [0.05, 0.1) is 4.90 Å². The molecule has 0 heterocycles. The summed E-state index contributed by atoms with van der Waals surface area (Å²) in [6.45, 7) is -0.378. The highest BCUT2D eigenvalue weighted by molar-refractivity contribution is 7.89. The van der Waals surface area contributed by atoms with E-state index in [2.05, 4.69) is 4.72 Å². The molecule has 5 N–H and O–H groups in total. The molecular weight excluding hydrogens is 261 g/mol. The van der Waals surface area contributed by atoms with Crippen molar-refractivity contribution in [3.63, 3.8) is 0 Å². The highest BCUT2D eigenvalue weighted by atomic mass is 32.2. The Labute approximate surface area is 104 Å². The molecule has 0 saturated heterocycles. The second kappa shape index (κ2) is 5.89. The lowest BCUT2D eigenvalue weighted by atomic mass is 10.2. The maximum absolute atomic E-state index is 13.4. The van der Waals surface area contributed by atoms with Gasteiger partial charge in [0.2, 0.25) is 15.9 Å². The van der Waals surface area contributed by atoms with Gasteiger partial charge >= 0.3 is 0 Å². The molecule has 0 fully saturated rings. The van der Waals surface area contributed by atoms with Gasteiger partial charge in [-0.1, -0.05) is 6.07 Å². The summed E-state index contributed by atoms with van der Waals surface area (Å²) in [5.41, 5.74) is 10.1. The lowest BCUT2D eigenvalue weighted by Gasteiger charge is -2.10. The average Bonchev–Trinajstić information content (AvgIpc) is 2.27. The Balaban J connectivity index is 2.98. The number of carbonyl (C=O) groups is 1. The van der Waals surface area contributed by atoms with E-state index in [1.807, 2.05) is 0 Å². The number of nitrogens with one attached hydrogen (secondary N) is 1. The van der Waals surface area contributed by atoms with Crippen molar-refractivity contribution in [2.24, 2.45) is 11.5 Å². The number of hydrogen-bond acceptors (Lipinski definition) is 4. The quantitative estimate of drug-likeness (QED) is 0.645. The molecule has 0 aliphatic carbocycles. The number of halogens is 1. The number of nitrogens with two attached hydrogens (primary N) is 2. The lowest BCUT2D eigenvalue weighted by Crippen LogP contribution is -2.29. The fraction of sp³-hybridized carbons (Fsp3) is 0.300. The molecule has 1 amide bonds. The van der Waals surface area contributed by atoms with Gasteiger partial charge in [0.25, 0.3) is 0 Å². The molecule has 100 valence electrons. The van der Waals surface area contributed by atoms with Crippen LogP contribution in [0.1, 0.15) is 12.0 Å². The normalized spacial score (nSPS) is 11.4. The zero-order valence-electron chi connectivity index (χ0n) is 9.52. The van der Waals surface area contributed by atoms with E-state index in [0.717, 1.165) is 6.07 Å². The van der Waals surface area contributed by atoms with E-state index in [-0.39, 0.29) is 30.0 Å². The van der Waals surface area contributed by atoms with Crippen LogP contribution < -0.4 is 16.2 Å². The molecule has 0 aliphatic heterocycles.